The van der Waals surface area contributed by atoms with E-state index in [1.54, 1.807) is 7.11 Å². The maximum absolute atomic E-state index is 5.75. The van der Waals surface area contributed by atoms with Gasteiger partial charge < -0.3 is 10.5 Å². The number of methoxy groups -OCH3 is 1. The van der Waals surface area contributed by atoms with Crippen LogP contribution in [0, 0.1) is 13.8 Å². The smallest absolute Gasteiger partial charge is 0.122 e. The molecule has 0 aliphatic rings. The third kappa shape index (κ3) is 3.24. The molecule has 16 heavy (non-hydrogen) atoms. The van der Waals surface area contributed by atoms with Crippen molar-refractivity contribution in [1.82, 2.24) is 0 Å². The Balaban J connectivity index is 2.71. The summed E-state index contributed by atoms with van der Waals surface area (Å²) in [5.74, 6) is 0.980. The van der Waals surface area contributed by atoms with E-state index in [2.05, 4.69) is 32.9 Å². The fourth-order valence-electron chi connectivity index (χ4n) is 1.96. The van der Waals surface area contributed by atoms with Gasteiger partial charge in [-0.1, -0.05) is 6.07 Å². The molecule has 1 atom stereocenters. The maximum Gasteiger partial charge on any atom is 0.122 e. The number of nitrogens with two attached hydrogens (primary N) is 1. The van der Waals surface area contributed by atoms with E-state index >= 15 is 0 Å². The molecule has 0 aliphatic heterocycles. The maximum atomic E-state index is 5.75. The zero-order valence-corrected chi connectivity index (χ0v) is 10.8. The second-order valence-electron chi connectivity index (χ2n) is 4.55. The molecule has 1 aromatic carbocycles. The van der Waals surface area contributed by atoms with E-state index < -0.39 is 0 Å². The molecule has 2 nitrogen and oxygen atoms in total. The van der Waals surface area contributed by atoms with E-state index in [4.69, 9.17) is 10.5 Å². The summed E-state index contributed by atoms with van der Waals surface area (Å²) in [6, 6.07) is 4.53. The first-order chi connectivity index (χ1) is 7.56. The Morgan fingerprint density at radius 3 is 2.50 bits per heavy atom. The Kier molecular flexibility index (Phi) is 4.81. The Morgan fingerprint density at radius 2 is 1.94 bits per heavy atom. The van der Waals surface area contributed by atoms with Gasteiger partial charge in [0.1, 0.15) is 5.75 Å². The molecule has 0 fully saturated rings. The summed E-state index contributed by atoms with van der Waals surface area (Å²) in [5, 5.41) is 0. The van der Waals surface area contributed by atoms with Crippen molar-refractivity contribution in [2.75, 3.05) is 7.11 Å². The van der Waals surface area contributed by atoms with Crippen molar-refractivity contribution in [2.24, 2.45) is 5.73 Å². The first-order valence-corrected chi connectivity index (χ1v) is 5.95. The van der Waals surface area contributed by atoms with E-state index in [1.165, 1.54) is 16.7 Å². The van der Waals surface area contributed by atoms with Gasteiger partial charge in [0.25, 0.3) is 0 Å². The zero-order valence-electron chi connectivity index (χ0n) is 10.8. The van der Waals surface area contributed by atoms with Crippen LogP contribution >= 0.6 is 0 Å². The monoisotopic (exact) mass is 221 g/mol. The largest absolute Gasteiger partial charge is 0.496 e. The molecule has 1 aromatic rings. The van der Waals surface area contributed by atoms with Gasteiger partial charge in [0.05, 0.1) is 7.11 Å². The van der Waals surface area contributed by atoms with Gasteiger partial charge >= 0.3 is 0 Å². The molecule has 0 heterocycles. The summed E-state index contributed by atoms with van der Waals surface area (Å²) in [7, 11) is 1.72. The number of hydrogen-bond donors (Lipinski definition) is 1. The molecule has 0 amide bonds. The third-order valence-corrected chi connectivity index (χ3v) is 3.18. The lowest BCUT2D eigenvalue weighted by Gasteiger charge is -2.13. The molecule has 0 spiro atoms. The quantitative estimate of drug-likeness (QED) is 0.829. The van der Waals surface area contributed by atoms with Crippen molar-refractivity contribution in [3.05, 3.63) is 28.8 Å². The molecule has 0 radical (unpaired) electrons. The summed E-state index contributed by atoms with van der Waals surface area (Å²) < 4.78 is 5.30. The standard InChI is InChI=1S/C14H23NO/c1-10(15)6-5-7-13-8-9-14(16-4)12(3)11(13)2/h8-10H,5-7,15H2,1-4H3. The SMILES string of the molecule is COc1ccc(CCCC(C)N)c(C)c1C. The average Bonchev–Trinajstić information content (AvgIpc) is 2.24. The Morgan fingerprint density at radius 1 is 1.25 bits per heavy atom. The Hall–Kier alpha value is -1.02. The van der Waals surface area contributed by atoms with Crippen molar-refractivity contribution in [3.63, 3.8) is 0 Å². The fraction of sp³-hybridized carbons (Fsp3) is 0.571. The van der Waals surface area contributed by atoms with Crippen LogP contribution in [-0.2, 0) is 6.42 Å². The second-order valence-corrected chi connectivity index (χ2v) is 4.55. The van der Waals surface area contributed by atoms with Gasteiger partial charge in [-0.3, -0.25) is 0 Å². The van der Waals surface area contributed by atoms with Crippen molar-refractivity contribution in [1.29, 1.82) is 0 Å². The van der Waals surface area contributed by atoms with Gasteiger partial charge in [-0.05, 0) is 62.8 Å². The van der Waals surface area contributed by atoms with Gasteiger partial charge in [0.2, 0.25) is 0 Å². The molecule has 0 aliphatic carbocycles. The van der Waals surface area contributed by atoms with Crippen molar-refractivity contribution >= 4 is 0 Å². The van der Waals surface area contributed by atoms with Crippen LogP contribution in [0.2, 0.25) is 0 Å². The summed E-state index contributed by atoms with van der Waals surface area (Å²) in [6.45, 7) is 6.34. The number of benzene rings is 1. The molecule has 0 saturated heterocycles. The highest BCUT2D eigenvalue weighted by Gasteiger charge is 2.06. The molecular formula is C14H23NO. The number of ether oxygens (including phenoxy) is 1. The van der Waals surface area contributed by atoms with E-state index in [-0.39, 0.29) is 0 Å². The number of aryl methyl sites for hydroxylation is 1. The molecule has 1 rings (SSSR count). The molecule has 0 saturated carbocycles. The summed E-state index contributed by atoms with van der Waals surface area (Å²) in [6.07, 6.45) is 3.35. The minimum atomic E-state index is 0.305. The van der Waals surface area contributed by atoms with Crippen LogP contribution in [0.15, 0.2) is 12.1 Å². The first-order valence-electron chi connectivity index (χ1n) is 5.95. The summed E-state index contributed by atoms with van der Waals surface area (Å²) in [5.41, 5.74) is 9.77. The predicted molar refractivity (Wildman–Crippen MR) is 69.1 cm³/mol. The molecule has 0 bridgehead atoms. The van der Waals surface area contributed by atoms with Crippen LogP contribution in [0.5, 0.6) is 5.75 Å². The second kappa shape index (κ2) is 5.90. The topological polar surface area (TPSA) is 35.2 Å². The lowest BCUT2D eigenvalue weighted by Crippen LogP contribution is -2.14. The van der Waals surface area contributed by atoms with E-state index in [0.29, 0.717) is 6.04 Å². The van der Waals surface area contributed by atoms with Gasteiger partial charge in [-0.25, -0.2) is 0 Å². The molecule has 0 aromatic heterocycles. The summed E-state index contributed by atoms with van der Waals surface area (Å²) in [4.78, 5) is 0. The Bertz CT molecular complexity index is 345. The van der Waals surface area contributed by atoms with Crippen LogP contribution < -0.4 is 10.5 Å². The normalized spacial score (nSPS) is 12.6. The van der Waals surface area contributed by atoms with Crippen molar-refractivity contribution in [2.45, 2.75) is 46.1 Å². The van der Waals surface area contributed by atoms with Gasteiger partial charge in [-0.2, -0.15) is 0 Å². The third-order valence-electron chi connectivity index (χ3n) is 3.18. The fourth-order valence-corrected chi connectivity index (χ4v) is 1.96. The van der Waals surface area contributed by atoms with Gasteiger partial charge in [0, 0.05) is 6.04 Å². The lowest BCUT2D eigenvalue weighted by molar-refractivity contribution is 0.411. The highest BCUT2D eigenvalue weighted by molar-refractivity contribution is 5.43. The average molecular weight is 221 g/mol. The predicted octanol–water partition coefficient (Wildman–Crippen LogP) is 2.98. The first kappa shape index (κ1) is 13.0. The van der Waals surface area contributed by atoms with Crippen LogP contribution in [0.25, 0.3) is 0 Å². The molecule has 2 N–H and O–H groups in total. The highest BCUT2D eigenvalue weighted by Crippen LogP contribution is 2.24. The minimum absolute atomic E-state index is 0.305. The van der Waals surface area contributed by atoms with Crippen LogP contribution in [0.4, 0.5) is 0 Å². The molecular weight excluding hydrogens is 198 g/mol. The van der Waals surface area contributed by atoms with E-state index in [9.17, 15) is 0 Å². The van der Waals surface area contributed by atoms with Gasteiger partial charge in [0.15, 0.2) is 0 Å². The summed E-state index contributed by atoms with van der Waals surface area (Å²) >= 11 is 0. The van der Waals surface area contributed by atoms with Crippen molar-refractivity contribution in [3.8, 4) is 5.75 Å². The number of rotatable bonds is 5. The van der Waals surface area contributed by atoms with Crippen LogP contribution in [0.3, 0.4) is 0 Å². The van der Waals surface area contributed by atoms with E-state index in [1.807, 2.05) is 0 Å². The highest BCUT2D eigenvalue weighted by atomic mass is 16.5. The molecule has 1 unspecified atom stereocenters. The van der Waals surface area contributed by atoms with Gasteiger partial charge in [-0.15, -0.1) is 0 Å². The minimum Gasteiger partial charge on any atom is -0.496 e. The molecule has 90 valence electrons. The zero-order chi connectivity index (χ0) is 12.1. The van der Waals surface area contributed by atoms with E-state index in [0.717, 1.165) is 25.0 Å². The lowest BCUT2D eigenvalue weighted by atomic mass is 9.97. The van der Waals surface area contributed by atoms with Crippen LogP contribution in [-0.4, -0.2) is 13.2 Å². The van der Waals surface area contributed by atoms with Crippen LogP contribution in [0.1, 0.15) is 36.5 Å². The molecule has 2 heteroatoms. The Labute approximate surface area is 98.8 Å². The number of hydrogen-bond acceptors (Lipinski definition) is 2. The van der Waals surface area contributed by atoms with Crippen molar-refractivity contribution < 1.29 is 4.74 Å².